The summed E-state index contributed by atoms with van der Waals surface area (Å²) in [5.41, 5.74) is 1.01. The molecule has 1 aromatic carbocycles. The highest BCUT2D eigenvalue weighted by Gasteiger charge is 2.36. The molecule has 0 heterocycles. The maximum atomic E-state index is 13.2. The van der Waals surface area contributed by atoms with E-state index in [-0.39, 0.29) is 10.2 Å². The molecular formula is C13H15BrF2. The zero-order chi connectivity index (χ0) is 11.8. The molecule has 0 radical (unpaired) electrons. The van der Waals surface area contributed by atoms with Gasteiger partial charge in [0.2, 0.25) is 0 Å². The summed E-state index contributed by atoms with van der Waals surface area (Å²) in [5.74, 6) is -1.54. The quantitative estimate of drug-likeness (QED) is 0.673. The van der Waals surface area contributed by atoms with Crippen molar-refractivity contribution in [3.63, 3.8) is 0 Å². The van der Waals surface area contributed by atoms with Crippen molar-refractivity contribution in [1.29, 1.82) is 0 Å². The van der Waals surface area contributed by atoms with Gasteiger partial charge in [-0.2, -0.15) is 0 Å². The van der Waals surface area contributed by atoms with Crippen molar-refractivity contribution in [1.82, 2.24) is 0 Å². The van der Waals surface area contributed by atoms with Crippen molar-refractivity contribution in [3.8, 4) is 0 Å². The van der Waals surface area contributed by atoms with Gasteiger partial charge in [-0.05, 0) is 36.0 Å². The van der Waals surface area contributed by atoms with Crippen LogP contribution in [-0.2, 0) is 0 Å². The van der Waals surface area contributed by atoms with E-state index in [1.165, 1.54) is 25.0 Å². The summed E-state index contributed by atoms with van der Waals surface area (Å²) in [6.07, 6.45) is 4.73. The van der Waals surface area contributed by atoms with Crippen molar-refractivity contribution in [3.05, 3.63) is 35.4 Å². The molecule has 1 aromatic rings. The lowest BCUT2D eigenvalue weighted by molar-refractivity contribution is 0.330. The zero-order valence-electron chi connectivity index (χ0n) is 9.27. The molecule has 1 atom stereocenters. The van der Waals surface area contributed by atoms with Crippen LogP contribution in [0, 0.1) is 17.0 Å². The fourth-order valence-electron chi connectivity index (χ4n) is 2.51. The Morgan fingerprint density at radius 1 is 1.19 bits per heavy atom. The standard InChI is InChI=1S/C13H15BrF2/c1-13(6-2-3-7-13)12(14)9-4-5-10(15)11(16)8-9/h4-5,8,12H,2-3,6-7H2,1H3. The molecule has 0 bridgehead atoms. The van der Waals surface area contributed by atoms with Crippen LogP contribution >= 0.6 is 15.9 Å². The fraction of sp³-hybridized carbons (Fsp3) is 0.538. The lowest BCUT2D eigenvalue weighted by atomic mass is 9.82. The highest BCUT2D eigenvalue weighted by molar-refractivity contribution is 9.09. The van der Waals surface area contributed by atoms with E-state index in [2.05, 4.69) is 22.9 Å². The van der Waals surface area contributed by atoms with Crippen LogP contribution in [-0.4, -0.2) is 0 Å². The highest BCUT2D eigenvalue weighted by atomic mass is 79.9. The van der Waals surface area contributed by atoms with Crippen molar-refractivity contribution in [2.75, 3.05) is 0 Å². The van der Waals surface area contributed by atoms with E-state index >= 15 is 0 Å². The molecule has 0 saturated heterocycles. The SMILES string of the molecule is CC1(C(Br)c2ccc(F)c(F)c2)CCCC1. The first-order valence-corrected chi connectivity index (χ1v) is 6.53. The average Bonchev–Trinajstić information content (AvgIpc) is 2.70. The summed E-state index contributed by atoms with van der Waals surface area (Å²) in [7, 11) is 0. The van der Waals surface area contributed by atoms with Gasteiger partial charge in [0, 0.05) is 4.83 Å². The van der Waals surface area contributed by atoms with Gasteiger partial charge in [-0.15, -0.1) is 0 Å². The molecule has 16 heavy (non-hydrogen) atoms. The highest BCUT2D eigenvalue weighted by Crippen LogP contribution is 2.51. The van der Waals surface area contributed by atoms with Crippen molar-refractivity contribution in [2.24, 2.45) is 5.41 Å². The second kappa shape index (κ2) is 4.44. The Bertz CT molecular complexity index is 384. The monoisotopic (exact) mass is 288 g/mol. The van der Waals surface area contributed by atoms with Crippen LogP contribution < -0.4 is 0 Å². The Hall–Kier alpha value is -0.440. The van der Waals surface area contributed by atoms with E-state index in [1.54, 1.807) is 6.07 Å². The zero-order valence-corrected chi connectivity index (χ0v) is 10.9. The predicted molar refractivity (Wildman–Crippen MR) is 64.6 cm³/mol. The molecule has 0 aromatic heterocycles. The molecule has 0 spiro atoms. The van der Waals surface area contributed by atoms with E-state index in [0.29, 0.717) is 0 Å². The third-order valence-electron chi connectivity index (χ3n) is 3.59. The number of alkyl halides is 1. The molecule has 1 aliphatic carbocycles. The lowest BCUT2D eigenvalue weighted by Crippen LogP contribution is -2.17. The van der Waals surface area contributed by atoms with Crippen LogP contribution in [0.2, 0.25) is 0 Å². The third-order valence-corrected chi connectivity index (χ3v) is 5.23. The Kier molecular flexibility index (Phi) is 3.34. The molecule has 0 aliphatic heterocycles. The Morgan fingerprint density at radius 3 is 2.38 bits per heavy atom. The summed E-state index contributed by atoms with van der Waals surface area (Å²) in [4.78, 5) is 0.109. The minimum absolute atomic E-state index is 0.109. The molecule has 1 fully saturated rings. The fourth-order valence-corrected chi connectivity index (χ4v) is 3.25. The normalized spacial score (nSPS) is 21.0. The summed E-state index contributed by atoms with van der Waals surface area (Å²) < 4.78 is 26.0. The molecule has 1 aliphatic rings. The summed E-state index contributed by atoms with van der Waals surface area (Å²) >= 11 is 3.64. The number of halogens is 3. The van der Waals surface area contributed by atoms with Crippen LogP contribution in [0.3, 0.4) is 0 Å². The van der Waals surface area contributed by atoms with Gasteiger partial charge >= 0.3 is 0 Å². The molecule has 1 saturated carbocycles. The van der Waals surface area contributed by atoms with Crippen LogP contribution in [0.1, 0.15) is 43.0 Å². The van der Waals surface area contributed by atoms with Crippen LogP contribution in [0.15, 0.2) is 18.2 Å². The Balaban J connectivity index is 2.26. The van der Waals surface area contributed by atoms with Crippen molar-refractivity contribution < 1.29 is 8.78 Å². The van der Waals surface area contributed by atoms with Crippen LogP contribution in [0.25, 0.3) is 0 Å². The van der Waals surface area contributed by atoms with E-state index < -0.39 is 11.6 Å². The second-order valence-electron chi connectivity index (χ2n) is 4.90. The van der Waals surface area contributed by atoms with Gasteiger partial charge in [-0.3, -0.25) is 0 Å². The molecule has 2 rings (SSSR count). The van der Waals surface area contributed by atoms with E-state index in [1.807, 2.05) is 0 Å². The number of benzene rings is 1. The van der Waals surface area contributed by atoms with Gasteiger partial charge in [0.25, 0.3) is 0 Å². The van der Waals surface area contributed by atoms with E-state index in [9.17, 15) is 8.78 Å². The van der Waals surface area contributed by atoms with Gasteiger partial charge in [-0.25, -0.2) is 8.78 Å². The molecule has 88 valence electrons. The van der Waals surface area contributed by atoms with Gasteiger partial charge in [-0.1, -0.05) is 41.8 Å². The third kappa shape index (κ3) is 2.15. The van der Waals surface area contributed by atoms with Crippen molar-refractivity contribution >= 4 is 15.9 Å². The minimum atomic E-state index is -0.778. The molecule has 0 nitrogen and oxygen atoms in total. The number of rotatable bonds is 2. The van der Waals surface area contributed by atoms with Crippen LogP contribution in [0.4, 0.5) is 8.78 Å². The second-order valence-corrected chi connectivity index (χ2v) is 5.81. The Labute approximate surface area is 103 Å². The summed E-state index contributed by atoms with van der Waals surface area (Å²) in [6.45, 7) is 2.21. The predicted octanol–water partition coefficient (Wildman–Crippen LogP) is 4.98. The first-order valence-electron chi connectivity index (χ1n) is 5.62. The molecule has 3 heteroatoms. The first kappa shape index (κ1) is 12.0. The van der Waals surface area contributed by atoms with Crippen LogP contribution in [0.5, 0.6) is 0 Å². The molecular weight excluding hydrogens is 274 g/mol. The molecule has 1 unspecified atom stereocenters. The van der Waals surface area contributed by atoms with Gasteiger partial charge < -0.3 is 0 Å². The lowest BCUT2D eigenvalue weighted by Gasteiger charge is -2.30. The topological polar surface area (TPSA) is 0 Å². The van der Waals surface area contributed by atoms with Gasteiger partial charge in [0.05, 0.1) is 0 Å². The maximum absolute atomic E-state index is 13.2. The van der Waals surface area contributed by atoms with Gasteiger partial charge in [0.15, 0.2) is 11.6 Å². The summed E-state index contributed by atoms with van der Waals surface area (Å²) in [5, 5.41) is 0. The van der Waals surface area contributed by atoms with Crippen molar-refractivity contribution in [2.45, 2.75) is 37.4 Å². The van der Waals surface area contributed by atoms with E-state index in [0.717, 1.165) is 18.4 Å². The minimum Gasteiger partial charge on any atom is -0.204 e. The largest absolute Gasteiger partial charge is 0.204 e. The Morgan fingerprint density at radius 2 is 1.81 bits per heavy atom. The summed E-state index contributed by atoms with van der Waals surface area (Å²) in [6, 6.07) is 4.18. The molecule has 0 N–H and O–H groups in total. The van der Waals surface area contributed by atoms with E-state index in [4.69, 9.17) is 0 Å². The smallest absolute Gasteiger partial charge is 0.159 e. The average molecular weight is 289 g/mol. The number of hydrogen-bond acceptors (Lipinski definition) is 0. The number of hydrogen-bond donors (Lipinski definition) is 0. The first-order chi connectivity index (χ1) is 7.53. The van der Waals surface area contributed by atoms with Gasteiger partial charge in [0.1, 0.15) is 0 Å². The maximum Gasteiger partial charge on any atom is 0.159 e. The molecule has 0 amide bonds.